The van der Waals surface area contributed by atoms with Crippen LogP contribution in [0.4, 0.5) is 0 Å². The van der Waals surface area contributed by atoms with Crippen molar-refractivity contribution in [2.24, 2.45) is 23.5 Å². The van der Waals surface area contributed by atoms with Crippen molar-refractivity contribution in [1.82, 2.24) is 4.90 Å². The van der Waals surface area contributed by atoms with Gasteiger partial charge in [0.1, 0.15) is 0 Å². The largest absolute Gasteiger partial charge is 0.379 e. The molecular weight excluding hydrogens is 212 g/mol. The molecular formula is C14H26N2O. The Labute approximate surface area is 105 Å². The number of fused-ring (bicyclic) bond motifs is 2. The summed E-state index contributed by atoms with van der Waals surface area (Å²) in [5.41, 5.74) is 6.27. The van der Waals surface area contributed by atoms with Crippen LogP contribution >= 0.6 is 0 Å². The fourth-order valence-electron chi connectivity index (χ4n) is 4.35. The number of rotatable bonds is 4. The van der Waals surface area contributed by atoms with E-state index in [2.05, 4.69) is 11.9 Å². The van der Waals surface area contributed by atoms with E-state index in [1.165, 1.54) is 32.2 Å². The lowest BCUT2D eigenvalue weighted by Crippen LogP contribution is -2.50. The number of nitrogens with zero attached hydrogens (tertiary/aromatic N) is 1. The molecule has 0 aromatic carbocycles. The Balaban J connectivity index is 1.48. The first-order chi connectivity index (χ1) is 8.15. The van der Waals surface area contributed by atoms with Crippen molar-refractivity contribution in [3.05, 3.63) is 0 Å². The van der Waals surface area contributed by atoms with Crippen LogP contribution < -0.4 is 5.73 Å². The van der Waals surface area contributed by atoms with Gasteiger partial charge in [-0.05, 0) is 50.5 Å². The lowest BCUT2D eigenvalue weighted by molar-refractivity contribution is 0.147. The fourth-order valence-corrected chi connectivity index (χ4v) is 4.35. The third-order valence-electron chi connectivity index (χ3n) is 5.15. The summed E-state index contributed by atoms with van der Waals surface area (Å²) >= 11 is 0. The quantitative estimate of drug-likeness (QED) is 0.806. The molecule has 2 aliphatic carbocycles. The molecule has 3 rings (SSSR count). The van der Waals surface area contributed by atoms with E-state index in [-0.39, 0.29) is 5.54 Å². The number of hydrogen-bond acceptors (Lipinski definition) is 3. The summed E-state index contributed by atoms with van der Waals surface area (Å²) in [6.07, 6.45) is 6.99. The van der Waals surface area contributed by atoms with Crippen molar-refractivity contribution in [3.63, 3.8) is 0 Å². The minimum Gasteiger partial charge on any atom is -0.379 e. The molecule has 17 heavy (non-hydrogen) atoms. The molecule has 4 atom stereocenters. The van der Waals surface area contributed by atoms with E-state index in [0.717, 1.165) is 43.9 Å². The summed E-state index contributed by atoms with van der Waals surface area (Å²) in [5, 5.41) is 0. The molecule has 0 aromatic rings. The van der Waals surface area contributed by atoms with Crippen LogP contribution in [0.25, 0.3) is 0 Å². The average molecular weight is 238 g/mol. The molecule has 4 unspecified atom stereocenters. The molecule has 0 spiro atoms. The second-order valence-corrected chi connectivity index (χ2v) is 6.80. The van der Waals surface area contributed by atoms with Crippen molar-refractivity contribution >= 4 is 0 Å². The lowest BCUT2D eigenvalue weighted by Gasteiger charge is -2.32. The maximum absolute atomic E-state index is 6.34. The van der Waals surface area contributed by atoms with Gasteiger partial charge in [-0.1, -0.05) is 6.42 Å². The zero-order chi connectivity index (χ0) is 11.9. The van der Waals surface area contributed by atoms with Gasteiger partial charge in [-0.15, -0.1) is 0 Å². The second-order valence-electron chi connectivity index (χ2n) is 6.80. The van der Waals surface area contributed by atoms with Gasteiger partial charge in [-0.3, -0.25) is 0 Å². The molecule has 0 amide bonds. The highest BCUT2D eigenvalue weighted by atomic mass is 16.5. The summed E-state index contributed by atoms with van der Waals surface area (Å²) in [6, 6.07) is 0. The molecule has 3 heteroatoms. The zero-order valence-electron chi connectivity index (χ0n) is 11.0. The molecule has 0 radical (unpaired) electrons. The average Bonchev–Trinajstić information content (AvgIpc) is 2.93. The number of ether oxygens (including phenoxy) is 1. The standard InChI is InChI=1S/C14H26N2O/c1-16(9-14(15)4-5-17-10-14)8-13-7-11-2-3-12(13)6-11/h11-13H,2-10,15H2,1H3. The number of likely N-dealkylation sites (N-methyl/N-ethyl adjacent to an activating group) is 1. The first-order valence-corrected chi connectivity index (χ1v) is 7.20. The van der Waals surface area contributed by atoms with E-state index >= 15 is 0 Å². The van der Waals surface area contributed by atoms with Crippen LogP contribution in [0.2, 0.25) is 0 Å². The van der Waals surface area contributed by atoms with Crippen LogP contribution in [0, 0.1) is 17.8 Å². The molecule has 1 aliphatic heterocycles. The van der Waals surface area contributed by atoms with Crippen LogP contribution in [-0.4, -0.2) is 43.8 Å². The van der Waals surface area contributed by atoms with Crippen LogP contribution in [0.1, 0.15) is 32.1 Å². The van der Waals surface area contributed by atoms with Crippen molar-refractivity contribution in [1.29, 1.82) is 0 Å². The third kappa shape index (κ3) is 2.51. The molecule has 3 aliphatic rings. The third-order valence-corrected chi connectivity index (χ3v) is 5.15. The number of hydrogen-bond donors (Lipinski definition) is 1. The van der Waals surface area contributed by atoms with Gasteiger partial charge < -0.3 is 15.4 Å². The molecule has 1 heterocycles. The summed E-state index contributed by atoms with van der Waals surface area (Å²) in [7, 11) is 2.24. The van der Waals surface area contributed by atoms with Gasteiger partial charge in [0.15, 0.2) is 0 Å². The highest BCUT2D eigenvalue weighted by Gasteiger charge is 2.40. The van der Waals surface area contributed by atoms with E-state index in [0.29, 0.717) is 0 Å². The summed E-state index contributed by atoms with van der Waals surface area (Å²) in [5.74, 6) is 3.03. The van der Waals surface area contributed by atoms with E-state index in [1.54, 1.807) is 0 Å². The monoisotopic (exact) mass is 238 g/mol. The summed E-state index contributed by atoms with van der Waals surface area (Å²) in [6.45, 7) is 3.84. The molecule has 3 fully saturated rings. The van der Waals surface area contributed by atoms with Gasteiger partial charge in [0.25, 0.3) is 0 Å². The van der Waals surface area contributed by atoms with Crippen molar-refractivity contribution < 1.29 is 4.74 Å². The zero-order valence-corrected chi connectivity index (χ0v) is 11.0. The molecule has 3 nitrogen and oxygen atoms in total. The molecule has 2 N–H and O–H groups in total. The highest BCUT2D eigenvalue weighted by Crippen LogP contribution is 2.48. The first-order valence-electron chi connectivity index (χ1n) is 7.20. The minimum absolute atomic E-state index is 0.0770. The normalized spacial score (nSPS) is 45.0. The first kappa shape index (κ1) is 11.9. The summed E-state index contributed by atoms with van der Waals surface area (Å²) in [4.78, 5) is 2.46. The maximum Gasteiger partial charge on any atom is 0.0659 e. The van der Waals surface area contributed by atoms with Crippen LogP contribution in [0.15, 0.2) is 0 Å². The van der Waals surface area contributed by atoms with E-state index < -0.39 is 0 Å². The Morgan fingerprint density at radius 3 is 2.82 bits per heavy atom. The predicted octanol–water partition coefficient (Wildman–Crippen LogP) is 1.47. The summed E-state index contributed by atoms with van der Waals surface area (Å²) < 4.78 is 5.43. The van der Waals surface area contributed by atoms with Gasteiger partial charge >= 0.3 is 0 Å². The minimum atomic E-state index is -0.0770. The molecule has 1 saturated heterocycles. The van der Waals surface area contributed by atoms with Crippen molar-refractivity contribution in [2.75, 3.05) is 33.4 Å². The van der Waals surface area contributed by atoms with Gasteiger partial charge in [-0.2, -0.15) is 0 Å². The second kappa shape index (κ2) is 4.52. The van der Waals surface area contributed by atoms with Gasteiger partial charge in [0, 0.05) is 19.7 Å². The van der Waals surface area contributed by atoms with E-state index in [4.69, 9.17) is 10.5 Å². The van der Waals surface area contributed by atoms with Crippen LogP contribution in [-0.2, 0) is 4.74 Å². The van der Waals surface area contributed by atoms with E-state index in [1.807, 2.05) is 0 Å². The Morgan fingerprint density at radius 2 is 2.24 bits per heavy atom. The topological polar surface area (TPSA) is 38.5 Å². The van der Waals surface area contributed by atoms with Gasteiger partial charge in [-0.25, -0.2) is 0 Å². The Kier molecular flexibility index (Phi) is 3.18. The van der Waals surface area contributed by atoms with Gasteiger partial charge in [0.05, 0.1) is 12.1 Å². The Bertz CT molecular complexity index is 275. The number of nitrogens with two attached hydrogens (primary N) is 1. The Hall–Kier alpha value is -0.120. The molecule has 2 bridgehead atoms. The molecule has 2 saturated carbocycles. The van der Waals surface area contributed by atoms with Crippen molar-refractivity contribution in [2.45, 2.75) is 37.6 Å². The van der Waals surface area contributed by atoms with Crippen LogP contribution in [0.3, 0.4) is 0 Å². The van der Waals surface area contributed by atoms with Crippen molar-refractivity contribution in [3.8, 4) is 0 Å². The predicted molar refractivity (Wildman–Crippen MR) is 68.8 cm³/mol. The van der Waals surface area contributed by atoms with Crippen LogP contribution in [0.5, 0.6) is 0 Å². The fraction of sp³-hybridized carbons (Fsp3) is 1.00. The highest BCUT2D eigenvalue weighted by molar-refractivity contribution is 4.94. The lowest BCUT2D eigenvalue weighted by atomic mass is 9.88. The molecule has 0 aromatic heterocycles. The van der Waals surface area contributed by atoms with E-state index in [9.17, 15) is 0 Å². The maximum atomic E-state index is 6.34. The Morgan fingerprint density at radius 1 is 1.35 bits per heavy atom. The smallest absolute Gasteiger partial charge is 0.0659 e. The molecule has 98 valence electrons. The van der Waals surface area contributed by atoms with Gasteiger partial charge in [0.2, 0.25) is 0 Å². The SMILES string of the molecule is CN(CC1CC2CCC1C2)CC1(N)CCOC1.